The van der Waals surface area contributed by atoms with E-state index in [0.29, 0.717) is 45.4 Å². The number of anilines is 3. The van der Waals surface area contributed by atoms with E-state index in [4.69, 9.17) is 4.74 Å². The SMILES string of the molecule is Cc1cc(Oc2ccccc2)ccc1N1C(=O)Nc2c(C(=O)NC3CCC(O)C3)sc3nccc1c23. The highest BCUT2D eigenvalue weighted by Crippen LogP contribution is 2.46. The summed E-state index contributed by atoms with van der Waals surface area (Å²) < 4.78 is 5.95. The summed E-state index contributed by atoms with van der Waals surface area (Å²) in [5.41, 5.74) is 2.73. The molecule has 0 bridgehead atoms. The van der Waals surface area contributed by atoms with Gasteiger partial charge in [-0.05, 0) is 68.1 Å². The Morgan fingerprint density at radius 2 is 1.97 bits per heavy atom. The summed E-state index contributed by atoms with van der Waals surface area (Å²) in [5.74, 6) is 1.15. The number of urea groups is 1. The van der Waals surface area contributed by atoms with Gasteiger partial charge in [0.05, 0.1) is 28.6 Å². The van der Waals surface area contributed by atoms with Gasteiger partial charge in [0.2, 0.25) is 0 Å². The number of carbonyl (C=O) groups is 2. The van der Waals surface area contributed by atoms with E-state index in [1.165, 1.54) is 11.3 Å². The number of aliphatic hydroxyl groups is 1. The Labute approximate surface area is 211 Å². The maximum Gasteiger partial charge on any atom is 0.331 e. The molecule has 0 saturated heterocycles. The van der Waals surface area contributed by atoms with Gasteiger partial charge in [0.1, 0.15) is 21.2 Å². The summed E-state index contributed by atoms with van der Waals surface area (Å²) in [6, 6.07) is 16.5. The number of aliphatic hydroxyl groups excluding tert-OH is 1. The number of carbonyl (C=O) groups excluding carboxylic acids is 2. The van der Waals surface area contributed by atoms with Crippen LogP contribution in [0.4, 0.5) is 21.9 Å². The largest absolute Gasteiger partial charge is 0.457 e. The van der Waals surface area contributed by atoms with Gasteiger partial charge in [-0.3, -0.25) is 9.69 Å². The average molecular weight is 501 g/mol. The summed E-state index contributed by atoms with van der Waals surface area (Å²) >= 11 is 1.26. The number of pyridine rings is 1. The predicted octanol–water partition coefficient (Wildman–Crippen LogP) is 5.72. The molecule has 1 aliphatic heterocycles. The van der Waals surface area contributed by atoms with Crippen LogP contribution < -0.4 is 20.3 Å². The summed E-state index contributed by atoms with van der Waals surface area (Å²) in [4.78, 5) is 33.7. The van der Waals surface area contributed by atoms with Crippen LogP contribution in [0.2, 0.25) is 0 Å². The van der Waals surface area contributed by atoms with E-state index in [1.54, 1.807) is 17.2 Å². The lowest BCUT2D eigenvalue weighted by atomic mass is 10.1. The second-order valence-corrected chi connectivity index (χ2v) is 10.1. The van der Waals surface area contributed by atoms with Crippen molar-refractivity contribution in [3.63, 3.8) is 0 Å². The van der Waals surface area contributed by atoms with Crippen LogP contribution in [0.5, 0.6) is 11.5 Å². The third-order valence-electron chi connectivity index (χ3n) is 6.58. The second kappa shape index (κ2) is 8.92. The average Bonchev–Trinajstić information content (AvgIpc) is 3.44. The van der Waals surface area contributed by atoms with Crippen LogP contribution in [0.25, 0.3) is 10.2 Å². The Bertz CT molecular complexity index is 1490. The first-order chi connectivity index (χ1) is 17.5. The number of nitrogens with zero attached hydrogens (tertiary/aromatic N) is 2. The van der Waals surface area contributed by atoms with Crippen molar-refractivity contribution < 1.29 is 19.4 Å². The zero-order valence-corrected chi connectivity index (χ0v) is 20.3. The molecule has 3 N–H and O–H groups in total. The fourth-order valence-corrected chi connectivity index (χ4v) is 5.91. The minimum Gasteiger partial charge on any atom is -0.457 e. The maximum absolute atomic E-state index is 13.4. The number of aromatic nitrogens is 1. The quantitative estimate of drug-likeness (QED) is 0.325. The van der Waals surface area contributed by atoms with Gasteiger partial charge < -0.3 is 20.5 Å². The molecule has 6 rings (SSSR count). The number of rotatable bonds is 5. The fourth-order valence-electron chi connectivity index (χ4n) is 4.89. The topological polar surface area (TPSA) is 104 Å². The number of ether oxygens (including phenoxy) is 1. The van der Waals surface area contributed by atoms with Crippen LogP contribution in [0.3, 0.4) is 0 Å². The van der Waals surface area contributed by atoms with Crippen molar-refractivity contribution in [1.82, 2.24) is 10.3 Å². The van der Waals surface area contributed by atoms with E-state index in [1.807, 2.05) is 55.5 Å². The van der Waals surface area contributed by atoms with E-state index in [2.05, 4.69) is 15.6 Å². The van der Waals surface area contributed by atoms with Gasteiger partial charge in [0, 0.05) is 12.2 Å². The van der Waals surface area contributed by atoms with E-state index >= 15 is 0 Å². The molecule has 182 valence electrons. The number of thiophene rings is 1. The Balaban J connectivity index is 1.34. The molecule has 4 aromatic rings. The Hall–Kier alpha value is -3.95. The zero-order chi connectivity index (χ0) is 24.8. The summed E-state index contributed by atoms with van der Waals surface area (Å²) in [6.07, 6.45) is 3.22. The van der Waals surface area contributed by atoms with Gasteiger partial charge in [0.25, 0.3) is 5.91 Å². The molecule has 3 amide bonds. The maximum atomic E-state index is 13.4. The first kappa shape index (κ1) is 22.5. The summed E-state index contributed by atoms with van der Waals surface area (Å²) in [7, 11) is 0. The minimum atomic E-state index is -0.384. The first-order valence-corrected chi connectivity index (χ1v) is 12.6. The van der Waals surface area contributed by atoms with Crippen molar-refractivity contribution in [3.8, 4) is 11.5 Å². The van der Waals surface area contributed by atoms with E-state index < -0.39 is 0 Å². The van der Waals surface area contributed by atoms with Gasteiger partial charge in [-0.1, -0.05) is 18.2 Å². The number of amides is 3. The molecule has 2 aliphatic rings. The Kier molecular flexibility index (Phi) is 5.58. The summed E-state index contributed by atoms with van der Waals surface area (Å²) in [6.45, 7) is 1.93. The van der Waals surface area contributed by atoms with Gasteiger partial charge in [-0.15, -0.1) is 11.3 Å². The van der Waals surface area contributed by atoms with Crippen molar-refractivity contribution in [3.05, 3.63) is 71.2 Å². The molecule has 8 nitrogen and oxygen atoms in total. The number of aryl methyl sites for hydroxylation is 1. The predicted molar refractivity (Wildman–Crippen MR) is 140 cm³/mol. The first-order valence-electron chi connectivity index (χ1n) is 11.8. The standard InChI is InChI=1S/C27H24N4O4S/c1-15-13-19(35-18-5-3-2-4-6-18)9-10-20(15)31-21-11-12-28-26-22(21)23(30-27(31)34)24(36-26)25(33)29-16-7-8-17(32)14-16/h2-6,9-13,16-17,32H,7-8,14H2,1H3,(H,29,33)(H,30,34). The number of nitrogens with one attached hydrogen (secondary N) is 2. The van der Waals surface area contributed by atoms with Gasteiger partial charge in [-0.25, -0.2) is 9.78 Å². The number of benzene rings is 2. The Morgan fingerprint density at radius 3 is 2.72 bits per heavy atom. The molecule has 9 heteroatoms. The highest BCUT2D eigenvalue weighted by atomic mass is 32.1. The third kappa shape index (κ3) is 3.96. The molecule has 36 heavy (non-hydrogen) atoms. The van der Waals surface area contributed by atoms with Crippen LogP contribution in [0.1, 0.15) is 34.5 Å². The molecule has 2 aromatic heterocycles. The Morgan fingerprint density at radius 1 is 1.14 bits per heavy atom. The van der Waals surface area contributed by atoms with E-state index in [9.17, 15) is 14.7 Å². The molecule has 1 saturated carbocycles. The molecule has 0 radical (unpaired) electrons. The van der Waals surface area contributed by atoms with Crippen molar-refractivity contribution in [1.29, 1.82) is 0 Å². The van der Waals surface area contributed by atoms with Crippen molar-refractivity contribution in [2.75, 3.05) is 10.2 Å². The highest BCUT2D eigenvalue weighted by molar-refractivity contribution is 7.21. The minimum absolute atomic E-state index is 0.0765. The van der Waals surface area contributed by atoms with Gasteiger partial charge in [0.15, 0.2) is 0 Å². The van der Waals surface area contributed by atoms with E-state index in [-0.39, 0.29) is 24.1 Å². The van der Waals surface area contributed by atoms with E-state index in [0.717, 1.165) is 23.1 Å². The normalized spacial score (nSPS) is 18.8. The molecule has 2 unspecified atom stereocenters. The van der Waals surface area contributed by atoms with Crippen molar-refractivity contribution in [2.24, 2.45) is 0 Å². The number of para-hydroxylation sites is 1. The van der Waals surface area contributed by atoms with Gasteiger partial charge in [-0.2, -0.15) is 0 Å². The van der Waals surface area contributed by atoms with Crippen molar-refractivity contribution in [2.45, 2.75) is 38.3 Å². The monoisotopic (exact) mass is 500 g/mol. The highest BCUT2D eigenvalue weighted by Gasteiger charge is 2.34. The van der Waals surface area contributed by atoms with Crippen LogP contribution in [0.15, 0.2) is 60.8 Å². The van der Waals surface area contributed by atoms with Crippen LogP contribution >= 0.6 is 11.3 Å². The second-order valence-electron chi connectivity index (χ2n) is 9.08. The number of hydrogen-bond donors (Lipinski definition) is 3. The lowest BCUT2D eigenvalue weighted by molar-refractivity contribution is 0.0939. The zero-order valence-electron chi connectivity index (χ0n) is 19.5. The molecular weight excluding hydrogens is 476 g/mol. The molecule has 0 spiro atoms. The molecule has 3 heterocycles. The van der Waals surface area contributed by atoms with Crippen LogP contribution in [-0.4, -0.2) is 34.2 Å². The molecule has 1 fully saturated rings. The molecular formula is C27H24N4O4S. The molecule has 1 aliphatic carbocycles. The molecule has 2 atom stereocenters. The number of hydrogen-bond acceptors (Lipinski definition) is 6. The lowest BCUT2D eigenvalue weighted by Crippen LogP contribution is -2.36. The van der Waals surface area contributed by atoms with Gasteiger partial charge >= 0.3 is 6.03 Å². The smallest absolute Gasteiger partial charge is 0.331 e. The third-order valence-corrected chi connectivity index (χ3v) is 7.68. The lowest BCUT2D eigenvalue weighted by Gasteiger charge is -2.29. The fraction of sp³-hybridized carbons (Fsp3) is 0.222. The molecule has 2 aromatic carbocycles. The summed E-state index contributed by atoms with van der Waals surface area (Å²) in [5, 5.41) is 16.5. The van der Waals surface area contributed by atoms with Crippen LogP contribution in [-0.2, 0) is 0 Å². The van der Waals surface area contributed by atoms with Crippen molar-refractivity contribution >= 4 is 50.6 Å². The van der Waals surface area contributed by atoms with Crippen LogP contribution in [0, 0.1) is 6.92 Å².